The highest BCUT2D eigenvalue weighted by Crippen LogP contribution is 2.14. The van der Waals surface area contributed by atoms with Crippen LogP contribution in [-0.4, -0.2) is 55.1 Å². The Kier molecular flexibility index (Phi) is 4.52. The molecule has 0 unspecified atom stereocenters. The van der Waals surface area contributed by atoms with Gasteiger partial charge in [-0.25, -0.2) is 0 Å². The number of piperazine rings is 1. The number of benzene rings is 1. The zero-order valence-electron chi connectivity index (χ0n) is 12.2. The average Bonchev–Trinajstić information content (AvgIpc) is 3.00. The summed E-state index contributed by atoms with van der Waals surface area (Å²) in [6.07, 6.45) is 2.89. The first-order valence-corrected chi connectivity index (χ1v) is 7.61. The van der Waals surface area contributed by atoms with E-state index in [2.05, 4.69) is 20.5 Å². The third kappa shape index (κ3) is 3.62. The van der Waals surface area contributed by atoms with E-state index >= 15 is 0 Å². The Labute approximate surface area is 124 Å². The third-order valence-corrected chi connectivity index (χ3v) is 3.96. The summed E-state index contributed by atoms with van der Waals surface area (Å²) in [6, 6.07) is 7.73. The maximum Gasteiger partial charge on any atom is 0.251 e. The predicted molar refractivity (Wildman–Crippen MR) is 84.6 cm³/mol. The van der Waals surface area contributed by atoms with Gasteiger partial charge in [-0.15, -0.1) is 0 Å². The molecule has 1 aromatic carbocycles. The molecule has 1 fully saturated rings. The molecule has 21 heavy (non-hydrogen) atoms. The first-order chi connectivity index (χ1) is 10.3. The molecule has 112 valence electrons. The fourth-order valence-corrected chi connectivity index (χ4v) is 2.74. The zero-order chi connectivity index (χ0) is 14.5. The minimum atomic E-state index is 0.0124. The summed E-state index contributed by atoms with van der Waals surface area (Å²) in [5.74, 6) is 0.0124. The smallest absolute Gasteiger partial charge is 0.251 e. The molecule has 1 aliphatic rings. The Balaban J connectivity index is 1.45. The van der Waals surface area contributed by atoms with Gasteiger partial charge in [0.1, 0.15) is 0 Å². The molecule has 0 saturated carbocycles. The number of rotatable bonds is 5. The van der Waals surface area contributed by atoms with Gasteiger partial charge in [-0.3, -0.25) is 4.79 Å². The van der Waals surface area contributed by atoms with Crippen molar-refractivity contribution in [2.45, 2.75) is 6.42 Å². The van der Waals surface area contributed by atoms with Gasteiger partial charge in [-0.1, -0.05) is 0 Å². The van der Waals surface area contributed by atoms with Gasteiger partial charge in [-0.2, -0.15) is 0 Å². The maximum absolute atomic E-state index is 12.1. The highest BCUT2D eigenvalue weighted by Gasteiger charge is 2.09. The average molecular weight is 286 g/mol. The van der Waals surface area contributed by atoms with Crippen molar-refractivity contribution in [3.05, 3.63) is 36.0 Å². The van der Waals surface area contributed by atoms with Crippen molar-refractivity contribution in [3.63, 3.8) is 0 Å². The third-order valence-electron chi connectivity index (χ3n) is 3.96. The van der Waals surface area contributed by atoms with Gasteiger partial charge in [0, 0.05) is 55.4 Å². The number of carbonyl (C=O) groups is 1. The Bertz CT molecular complexity index is 601. The molecule has 1 aliphatic heterocycles. The number of nitrogens with one attached hydrogen (secondary N) is 3. The van der Waals surface area contributed by atoms with E-state index in [1.165, 1.54) is 0 Å². The van der Waals surface area contributed by atoms with Crippen LogP contribution in [0.4, 0.5) is 0 Å². The largest absolute Gasteiger partial charge is 0.361 e. The van der Waals surface area contributed by atoms with Crippen molar-refractivity contribution in [2.24, 2.45) is 0 Å². The van der Waals surface area contributed by atoms with E-state index in [0.717, 1.165) is 62.2 Å². The summed E-state index contributed by atoms with van der Waals surface area (Å²) in [5.41, 5.74) is 1.79. The number of amides is 1. The van der Waals surface area contributed by atoms with Crippen LogP contribution in [0.2, 0.25) is 0 Å². The lowest BCUT2D eigenvalue weighted by Crippen LogP contribution is -2.44. The lowest BCUT2D eigenvalue weighted by Gasteiger charge is -2.27. The van der Waals surface area contributed by atoms with E-state index in [0.29, 0.717) is 0 Å². The molecule has 0 radical (unpaired) electrons. The van der Waals surface area contributed by atoms with Gasteiger partial charge < -0.3 is 20.5 Å². The lowest BCUT2D eigenvalue weighted by molar-refractivity contribution is 0.0951. The molecule has 1 saturated heterocycles. The molecule has 1 amide bonds. The van der Waals surface area contributed by atoms with Crippen LogP contribution in [0.15, 0.2) is 30.5 Å². The topological polar surface area (TPSA) is 60.2 Å². The predicted octanol–water partition coefficient (Wildman–Crippen LogP) is 1.19. The number of aromatic nitrogens is 1. The van der Waals surface area contributed by atoms with Crippen LogP contribution >= 0.6 is 0 Å². The summed E-state index contributed by atoms with van der Waals surface area (Å²) in [4.78, 5) is 17.7. The van der Waals surface area contributed by atoms with Crippen LogP contribution in [-0.2, 0) is 0 Å². The highest BCUT2D eigenvalue weighted by molar-refractivity contribution is 5.98. The van der Waals surface area contributed by atoms with Gasteiger partial charge in [0.05, 0.1) is 0 Å². The summed E-state index contributed by atoms with van der Waals surface area (Å²) in [7, 11) is 0. The van der Waals surface area contributed by atoms with Crippen LogP contribution in [0.25, 0.3) is 10.9 Å². The summed E-state index contributed by atoms with van der Waals surface area (Å²) in [6.45, 7) is 6.15. The SMILES string of the molecule is O=C(NCCCN1CCNCC1)c1ccc2[nH]ccc2c1. The summed E-state index contributed by atoms with van der Waals surface area (Å²) in [5, 5.41) is 7.42. The van der Waals surface area contributed by atoms with Crippen molar-refractivity contribution >= 4 is 16.8 Å². The van der Waals surface area contributed by atoms with E-state index in [1.807, 2.05) is 30.5 Å². The molecule has 2 heterocycles. The van der Waals surface area contributed by atoms with Crippen LogP contribution in [0.5, 0.6) is 0 Å². The number of nitrogens with zero attached hydrogens (tertiary/aromatic N) is 1. The lowest BCUT2D eigenvalue weighted by atomic mass is 10.1. The Morgan fingerprint density at radius 3 is 2.95 bits per heavy atom. The minimum Gasteiger partial charge on any atom is -0.361 e. The van der Waals surface area contributed by atoms with Gasteiger partial charge >= 0.3 is 0 Å². The van der Waals surface area contributed by atoms with Crippen molar-refractivity contribution in [1.29, 1.82) is 0 Å². The van der Waals surface area contributed by atoms with Crippen LogP contribution in [0.3, 0.4) is 0 Å². The number of fused-ring (bicyclic) bond motifs is 1. The van der Waals surface area contributed by atoms with E-state index in [9.17, 15) is 4.79 Å². The first-order valence-electron chi connectivity index (χ1n) is 7.61. The van der Waals surface area contributed by atoms with Gasteiger partial charge in [0.15, 0.2) is 0 Å². The molecule has 0 aliphatic carbocycles. The summed E-state index contributed by atoms with van der Waals surface area (Å²) < 4.78 is 0. The molecule has 0 bridgehead atoms. The molecule has 0 spiro atoms. The molecule has 3 rings (SSSR count). The molecule has 2 aromatic rings. The van der Waals surface area contributed by atoms with Crippen molar-refractivity contribution in [2.75, 3.05) is 39.3 Å². The van der Waals surface area contributed by atoms with E-state index < -0.39 is 0 Å². The molecule has 5 nitrogen and oxygen atoms in total. The number of H-pyrrole nitrogens is 1. The van der Waals surface area contributed by atoms with Crippen molar-refractivity contribution in [1.82, 2.24) is 20.5 Å². The molecular weight excluding hydrogens is 264 g/mol. The molecule has 1 aromatic heterocycles. The quantitative estimate of drug-likeness (QED) is 0.724. The van der Waals surface area contributed by atoms with Gasteiger partial charge in [-0.05, 0) is 37.2 Å². The van der Waals surface area contributed by atoms with Crippen LogP contribution in [0.1, 0.15) is 16.8 Å². The van der Waals surface area contributed by atoms with Crippen molar-refractivity contribution in [3.8, 4) is 0 Å². The first kappa shape index (κ1) is 14.1. The normalized spacial score (nSPS) is 16.2. The second-order valence-corrected chi connectivity index (χ2v) is 5.48. The Hall–Kier alpha value is -1.85. The molecule has 5 heteroatoms. The minimum absolute atomic E-state index is 0.0124. The second kappa shape index (κ2) is 6.74. The van der Waals surface area contributed by atoms with E-state index in [4.69, 9.17) is 0 Å². The van der Waals surface area contributed by atoms with Crippen molar-refractivity contribution < 1.29 is 4.79 Å². The van der Waals surface area contributed by atoms with E-state index in [1.54, 1.807) is 0 Å². The zero-order valence-corrected chi connectivity index (χ0v) is 12.2. The number of hydrogen-bond donors (Lipinski definition) is 3. The van der Waals surface area contributed by atoms with E-state index in [-0.39, 0.29) is 5.91 Å². The Morgan fingerprint density at radius 1 is 1.24 bits per heavy atom. The standard InChI is InChI=1S/C16H22N4O/c21-16(14-2-3-15-13(12-14)4-6-18-15)19-5-1-9-20-10-7-17-8-11-20/h2-4,6,12,17-18H,1,5,7-11H2,(H,19,21). The molecule has 3 N–H and O–H groups in total. The number of aromatic amines is 1. The second-order valence-electron chi connectivity index (χ2n) is 5.48. The fraction of sp³-hybridized carbons (Fsp3) is 0.438. The maximum atomic E-state index is 12.1. The number of hydrogen-bond acceptors (Lipinski definition) is 3. The monoisotopic (exact) mass is 286 g/mol. The molecular formula is C16H22N4O. The fourth-order valence-electron chi connectivity index (χ4n) is 2.74. The summed E-state index contributed by atoms with van der Waals surface area (Å²) >= 11 is 0. The van der Waals surface area contributed by atoms with Gasteiger partial charge in [0.2, 0.25) is 0 Å². The molecule has 0 atom stereocenters. The van der Waals surface area contributed by atoms with Crippen LogP contribution < -0.4 is 10.6 Å². The van der Waals surface area contributed by atoms with Gasteiger partial charge in [0.25, 0.3) is 5.91 Å². The Morgan fingerprint density at radius 2 is 2.10 bits per heavy atom. The number of carbonyl (C=O) groups excluding carboxylic acids is 1. The van der Waals surface area contributed by atoms with Crippen LogP contribution in [0, 0.1) is 0 Å². The highest BCUT2D eigenvalue weighted by atomic mass is 16.1.